The number of hydrogen-bond donors (Lipinski definition) is 2. The van der Waals surface area contributed by atoms with Crippen molar-refractivity contribution in [1.29, 1.82) is 0 Å². The van der Waals surface area contributed by atoms with Crippen LogP contribution in [0.2, 0.25) is 0 Å². The van der Waals surface area contributed by atoms with Gasteiger partial charge in [0.2, 0.25) is 0 Å². The number of morpholine rings is 1. The first-order chi connectivity index (χ1) is 4.43. The SMILES string of the molecule is CNCC1COCCN1.Cl.Cl. The monoisotopic (exact) mass is 202 g/mol. The first-order valence-electron chi connectivity index (χ1n) is 3.39. The molecule has 11 heavy (non-hydrogen) atoms. The van der Waals surface area contributed by atoms with E-state index in [0.29, 0.717) is 6.04 Å². The van der Waals surface area contributed by atoms with Gasteiger partial charge >= 0.3 is 0 Å². The maximum atomic E-state index is 5.23. The van der Waals surface area contributed by atoms with Crippen LogP contribution in [0.5, 0.6) is 0 Å². The van der Waals surface area contributed by atoms with Crippen LogP contribution >= 0.6 is 24.8 Å². The minimum Gasteiger partial charge on any atom is -0.378 e. The molecule has 2 N–H and O–H groups in total. The normalized spacial score (nSPS) is 23.2. The average molecular weight is 203 g/mol. The van der Waals surface area contributed by atoms with Crippen LogP contribution in [-0.2, 0) is 4.74 Å². The summed E-state index contributed by atoms with van der Waals surface area (Å²) in [4.78, 5) is 0. The minimum atomic E-state index is 0. The van der Waals surface area contributed by atoms with E-state index in [9.17, 15) is 0 Å². The molecule has 0 aliphatic carbocycles. The fraction of sp³-hybridized carbons (Fsp3) is 1.00. The predicted molar refractivity (Wildman–Crippen MR) is 51.0 cm³/mol. The Labute approximate surface area is 80.1 Å². The molecule has 5 heteroatoms. The van der Waals surface area contributed by atoms with Gasteiger partial charge in [-0.3, -0.25) is 0 Å². The van der Waals surface area contributed by atoms with Crippen molar-refractivity contribution in [3.8, 4) is 0 Å². The molecule has 0 aromatic rings. The van der Waals surface area contributed by atoms with Crippen molar-refractivity contribution >= 4 is 24.8 Å². The molecule has 70 valence electrons. The Morgan fingerprint density at radius 2 is 2.27 bits per heavy atom. The highest BCUT2D eigenvalue weighted by molar-refractivity contribution is 5.85. The van der Waals surface area contributed by atoms with Crippen molar-refractivity contribution in [3.63, 3.8) is 0 Å². The predicted octanol–water partition coefficient (Wildman–Crippen LogP) is 0.0378. The van der Waals surface area contributed by atoms with Gasteiger partial charge in [0.25, 0.3) is 0 Å². The standard InChI is InChI=1S/C6H14N2O.2ClH/c1-7-4-6-5-9-3-2-8-6;;/h6-8H,2-5H2,1H3;2*1H. The lowest BCUT2D eigenvalue weighted by molar-refractivity contribution is 0.0773. The number of nitrogens with one attached hydrogen (secondary N) is 2. The molecule has 1 fully saturated rings. The molecule has 3 nitrogen and oxygen atoms in total. The van der Waals surface area contributed by atoms with E-state index in [-0.39, 0.29) is 24.8 Å². The smallest absolute Gasteiger partial charge is 0.0632 e. The molecule has 0 aromatic heterocycles. The lowest BCUT2D eigenvalue weighted by Crippen LogP contribution is -2.46. The Bertz CT molecular complexity index is 76.2. The number of likely N-dealkylation sites (N-methyl/N-ethyl adjacent to an activating group) is 1. The van der Waals surface area contributed by atoms with Crippen LogP contribution in [0.4, 0.5) is 0 Å². The zero-order valence-electron chi connectivity index (χ0n) is 6.63. The van der Waals surface area contributed by atoms with E-state index in [4.69, 9.17) is 4.74 Å². The Hall–Kier alpha value is 0.460. The summed E-state index contributed by atoms with van der Waals surface area (Å²) in [7, 11) is 1.95. The van der Waals surface area contributed by atoms with Crippen LogP contribution in [0.15, 0.2) is 0 Å². The van der Waals surface area contributed by atoms with E-state index < -0.39 is 0 Å². The molecule has 0 bridgehead atoms. The van der Waals surface area contributed by atoms with E-state index in [1.165, 1.54) is 0 Å². The largest absolute Gasteiger partial charge is 0.378 e. The van der Waals surface area contributed by atoms with Crippen molar-refractivity contribution in [3.05, 3.63) is 0 Å². The Morgan fingerprint density at radius 1 is 1.55 bits per heavy atom. The van der Waals surface area contributed by atoms with Gasteiger partial charge in [0.15, 0.2) is 0 Å². The quantitative estimate of drug-likeness (QED) is 0.664. The third-order valence-electron chi connectivity index (χ3n) is 1.45. The molecular weight excluding hydrogens is 187 g/mol. The molecule has 1 rings (SSSR count). The van der Waals surface area contributed by atoms with Crippen LogP contribution < -0.4 is 10.6 Å². The molecule has 1 unspecified atom stereocenters. The topological polar surface area (TPSA) is 33.3 Å². The maximum absolute atomic E-state index is 5.23. The first kappa shape index (κ1) is 14.0. The zero-order valence-corrected chi connectivity index (χ0v) is 8.26. The molecule has 0 aromatic carbocycles. The Balaban J connectivity index is 0. The number of hydrogen-bond acceptors (Lipinski definition) is 3. The molecular formula is C6H16Cl2N2O. The van der Waals surface area contributed by atoms with Gasteiger partial charge in [-0.25, -0.2) is 0 Å². The second-order valence-corrected chi connectivity index (χ2v) is 2.28. The summed E-state index contributed by atoms with van der Waals surface area (Å²) in [5.41, 5.74) is 0. The highest BCUT2D eigenvalue weighted by Crippen LogP contribution is 1.89. The number of halogens is 2. The lowest BCUT2D eigenvalue weighted by atomic mass is 10.3. The second kappa shape index (κ2) is 8.56. The van der Waals surface area contributed by atoms with Crippen molar-refractivity contribution in [1.82, 2.24) is 10.6 Å². The highest BCUT2D eigenvalue weighted by Gasteiger charge is 2.10. The highest BCUT2D eigenvalue weighted by atomic mass is 35.5. The van der Waals surface area contributed by atoms with Crippen LogP contribution in [0.3, 0.4) is 0 Å². The van der Waals surface area contributed by atoms with Gasteiger partial charge in [-0.15, -0.1) is 24.8 Å². The number of rotatable bonds is 2. The first-order valence-corrected chi connectivity index (χ1v) is 3.39. The van der Waals surface area contributed by atoms with Gasteiger partial charge in [-0.05, 0) is 7.05 Å². The van der Waals surface area contributed by atoms with Crippen molar-refractivity contribution in [2.24, 2.45) is 0 Å². The van der Waals surface area contributed by atoms with Gasteiger partial charge in [0.05, 0.1) is 13.2 Å². The maximum Gasteiger partial charge on any atom is 0.0632 e. The third kappa shape index (κ3) is 5.70. The molecule has 1 aliphatic rings. The molecule has 0 spiro atoms. The van der Waals surface area contributed by atoms with Crippen molar-refractivity contribution in [2.75, 3.05) is 33.4 Å². The van der Waals surface area contributed by atoms with E-state index >= 15 is 0 Å². The summed E-state index contributed by atoms with van der Waals surface area (Å²) in [5, 5.41) is 6.43. The zero-order chi connectivity index (χ0) is 6.53. The molecule has 1 heterocycles. The second-order valence-electron chi connectivity index (χ2n) is 2.28. The summed E-state index contributed by atoms with van der Waals surface area (Å²) in [5.74, 6) is 0. The third-order valence-corrected chi connectivity index (χ3v) is 1.45. The summed E-state index contributed by atoms with van der Waals surface area (Å²) in [6.07, 6.45) is 0. The van der Waals surface area contributed by atoms with Gasteiger partial charge in [-0.1, -0.05) is 0 Å². The van der Waals surface area contributed by atoms with Crippen LogP contribution in [0.1, 0.15) is 0 Å². The summed E-state index contributed by atoms with van der Waals surface area (Å²) in [6.45, 7) is 3.70. The van der Waals surface area contributed by atoms with Crippen molar-refractivity contribution in [2.45, 2.75) is 6.04 Å². The van der Waals surface area contributed by atoms with E-state index in [1.807, 2.05) is 7.05 Å². The molecule has 0 amide bonds. The molecule has 1 saturated heterocycles. The van der Waals surface area contributed by atoms with Gasteiger partial charge in [0.1, 0.15) is 0 Å². The Kier molecular flexibility index (Phi) is 10.9. The summed E-state index contributed by atoms with van der Waals surface area (Å²) in [6, 6.07) is 0.517. The van der Waals surface area contributed by atoms with E-state index in [0.717, 1.165) is 26.3 Å². The van der Waals surface area contributed by atoms with Crippen LogP contribution in [-0.4, -0.2) is 39.4 Å². The molecule has 0 saturated carbocycles. The van der Waals surface area contributed by atoms with Gasteiger partial charge in [-0.2, -0.15) is 0 Å². The fourth-order valence-electron chi connectivity index (χ4n) is 0.997. The van der Waals surface area contributed by atoms with Gasteiger partial charge in [0, 0.05) is 19.1 Å². The Morgan fingerprint density at radius 3 is 2.73 bits per heavy atom. The summed E-state index contributed by atoms with van der Waals surface area (Å²) < 4.78 is 5.23. The fourth-order valence-corrected chi connectivity index (χ4v) is 0.997. The van der Waals surface area contributed by atoms with Crippen molar-refractivity contribution < 1.29 is 4.74 Å². The van der Waals surface area contributed by atoms with Gasteiger partial charge < -0.3 is 15.4 Å². The lowest BCUT2D eigenvalue weighted by Gasteiger charge is -2.23. The minimum absolute atomic E-state index is 0. The number of ether oxygens (including phenoxy) is 1. The molecule has 0 radical (unpaired) electrons. The molecule has 1 aliphatic heterocycles. The molecule has 1 atom stereocenters. The summed E-state index contributed by atoms with van der Waals surface area (Å²) >= 11 is 0. The van der Waals surface area contributed by atoms with E-state index in [1.54, 1.807) is 0 Å². The van der Waals surface area contributed by atoms with E-state index in [2.05, 4.69) is 10.6 Å². The average Bonchev–Trinajstić information content (AvgIpc) is 1.91. The van der Waals surface area contributed by atoms with Crippen LogP contribution in [0, 0.1) is 0 Å². The van der Waals surface area contributed by atoms with Crippen LogP contribution in [0.25, 0.3) is 0 Å².